The Balaban J connectivity index is 2.04. The lowest BCUT2D eigenvalue weighted by molar-refractivity contribution is 0.530. The third kappa shape index (κ3) is 3.85. The van der Waals surface area contributed by atoms with Crippen LogP contribution >= 0.6 is 27.7 Å². The number of halogens is 1. The quantitative estimate of drug-likeness (QED) is 0.616. The minimum Gasteiger partial charge on any atom is -0.468 e. The van der Waals surface area contributed by atoms with Gasteiger partial charge < -0.3 is 4.42 Å². The SMILES string of the molecule is CCCc1nc(Br)cc(SCc2ccco2)n1. The van der Waals surface area contributed by atoms with Crippen molar-refractivity contribution < 1.29 is 4.42 Å². The van der Waals surface area contributed by atoms with Crippen LogP contribution in [0.1, 0.15) is 24.9 Å². The van der Waals surface area contributed by atoms with E-state index >= 15 is 0 Å². The average Bonchev–Trinajstić information content (AvgIpc) is 2.79. The second-order valence-corrected chi connectivity index (χ2v) is 5.37. The lowest BCUT2D eigenvalue weighted by Crippen LogP contribution is -1.96. The molecule has 0 aromatic carbocycles. The highest BCUT2D eigenvalue weighted by Crippen LogP contribution is 2.23. The van der Waals surface area contributed by atoms with Gasteiger partial charge in [0.25, 0.3) is 0 Å². The Hall–Kier alpha value is -0.810. The van der Waals surface area contributed by atoms with Gasteiger partial charge in [0, 0.05) is 12.5 Å². The Morgan fingerprint density at radius 1 is 1.41 bits per heavy atom. The minimum atomic E-state index is 0.794. The zero-order valence-corrected chi connectivity index (χ0v) is 11.9. The predicted octanol–water partition coefficient (Wildman–Crippen LogP) is 4.08. The molecule has 0 aliphatic carbocycles. The summed E-state index contributed by atoms with van der Waals surface area (Å²) in [5.74, 6) is 2.65. The van der Waals surface area contributed by atoms with Crippen molar-refractivity contribution in [2.45, 2.75) is 30.5 Å². The van der Waals surface area contributed by atoms with Gasteiger partial charge in [0.2, 0.25) is 0 Å². The van der Waals surface area contributed by atoms with Crippen LogP contribution in [0.2, 0.25) is 0 Å². The molecule has 0 spiro atoms. The fourth-order valence-corrected chi connectivity index (χ4v) is 2.78. The Morgan fingerprint density at radius 2 is 2.29 bits per heavy atom. The molecule has 0 unspecified atom stereocenters. The van der Waals surface area contributed by atoms with Gasteiger partial charge in [0.05, 0.1) is 12.0 Å². The molecule has 2 aromatic heterocycles. The molecule has 17 heavy (non-hydrogen) atoms. The van der Waals surface area contributed by atoms with E-state index in [1.807, 2.05) is 18.2 Å². The summed E-state index contributed by atoms with van der Waals surface area (Å²) in [6, 6.07) is 5.80. The number of nitrogens with zero attached hydrogens (tertiary/aromatic N) is 2. The average molecular weight is 313 g/mol. The van der Waals surface area contributed by atoms with E-state index in [1.165, 1.54) is 0 Å². The third-order valence-electron chi connectivity index (χ3n) is 2.13. The molecule has 0 radical (unpaired) electrons. The molecule has 0 fully saturated rings. The zero-order valence-electron chi connectivity index (χ0n) is 9.52. The van der Waals surface area contributed by atoms with Gasteiger partial charge in [-0.1, -0.05) is 18.7 Å². The van der Waals surface area contributed by atoms with Gasteiger partial charge in [-0.2, -0.15) is 0 Å². The van der Waals surface area contributed by atoms with Gasteiger partial charge in [0.15, 0.2) is 0 Å². The van der Waals surface area contributed by atoms with E-state index in [9.17, 15) is 0 Å². The summed E-state index contributed by atoms with van der Waals surface area (Å²) in [4.78, 5) is 8.84. The summed E-state index contributed by atoms with van der Waals surface area (Å²) in [6.07, 6.45) is 3.65. The molecule has 2 rings (SSSR count). The van der Waals surface area contributed by atoms with Gasteiger partial charge in [-0.15, -0.1) is 0 Å². The van der Waals surface area contributed by atoms with Gasteiger partial charge in [0.1, 0.15) is 21.2 Å². The van der Waals surface area contributed by atoms with Gasteiger partial charge in [-0.05, 0) is 34.5 Å². The first-order valence-electron chi connectivity index (χ1n) is 5.46. The summed E-state index contributed by atoms with van der Waals surface area (Å²) in [6.45, 7) is 2.12. The Kier molecular flexibility index (Phi) is 4.62. The van der Waals surface area contributed by atoms with E-state index in [0.717, 1.165) is 39.8 Å². The van der Waals surface area contributed by atoms with Crippen molar-refractivity contribution in [1.82, 2.24) is 9.97 Å². The van der Waals surface area contributed by atoms with Crippen LogP contribution in [0.4, 0.5) is 0 Å². The molecular weight excluding hydrogens is 300 g/mol. The Labute approximate surface area is 113 Å². The normalized spacial score (nSPS) is 10.7. The molecule has 3 nitrogen and oxygen atoms in total. The lowest BCUT2D eigenvalue weighted by atomic mass is 10.3. The van der Waals surface area contributed by atoms with Crippen LogP contribution in [0.15, 0.2) is 38.5 Å². The molecule has 90 valence electrons. The van der Waals surface area contributed by atoms with Crippen molar-refractivity contribution in [3.8, 4) is 0 Å². The monoisotopic (exact) mass is 312 g/mol. The van der Waals surface area contributed by atoms with Crippen molar-refractivity contribution in [2.75, 3.05) is 0 Å². The van der Waals surface area contributed by atoms with E-state index in [2.05, 4.69) is 32.8 Å². The van der Waals surface area contributed by atoms with Crippen molar-refractivity contribution in [3.63, 3.8) is 0 Å². The molecule has 0 bridgehead atoms. The third-order valence-corrected chi connectivity index (χ3v) is 3.47. The highest BCUT2D eigenvalue weighted by atomic mass is 79.9. The number of hydrogen-bond donors (Lipinski definition) is 0. The first-order valence-corrected chi connectivity index (χ1v) is 7.24. The maximum Gasteiger partial charge on any atom is 0.130 e. The van der Waals surface area contributed by atoms with Crippen LogP contribution < -0.4 is 0 Å². The van der Waals surface area contributed by atoms with Gasteiger partial charge in [-0.3, -0.25) is 0 Å². The summed E-state index contributed by atoms with van der Waals surface area (Å²) in [5.41, 5.74) is 0. The molecule has 2 aromatic rings. The number of rotatable bonds is 5. The van der Waals surface area contributed by atoms with Crippen LogP contribution in [0, 0.1) is 0 Å². The molecule has 0 aliphatic heterocycles. The molecule has 0 amide bonds. The van der Waals surface area contributed by atoms with E-state index in [0.29, 0.717) is 0 Å². The first kappa shape index (κ1) is 12.6. The van der Waals surface area contributed by atoms with Crippen LogP contribution in [-0.2, 0) is 12.2 Å². The molecule has 2 heterocycles. The number of hydrogen-bond acceptors (Lipinski definition) is 4. The van der Waals surface area contributed by atoms with Crippen molar-refractivity contribution >= 4 is 27.7 Å². The number of aryl methyl sites for hydroxylation is 1. The number of thioether (sulfide) groups is 1. The van der Waals surface area contributed by atoms with E-state index in [-0.39, 0.29) is 0 Å². The lowest BCUT2D eigenvalue weighted by Gasteiger charge is -2.03. The maximum atomic E-state index is 5.29. The van der Waals surface area contributed by atoms with E-state index < -0.39 is 0 Å². The number of furan rings is 1. The highest BCUT2D eigenvalue weighted by Gasteiger charge is 2.04. The highest BCUT2D eigenvalue weighted by molar-refractivity contribution is 9.10. The van der Waals surface area contributed by atoms with Crippen LogP contribution in [0.3, 0.4) is 0 Å². The fourth-order valence-electron chi connectivity index (χ4n) is 1.39. The van der Waals surface area contributed by atoms with E-state index in [4.69, 9.17) is 4.42 Å². The van der Waals surface area contributed by atoms with E-state index in [1.54, 1.807) is 18.0 Å². The van der Waals surface area contributed by atoms with Crippen molar-refractivity contribution in [3.05, 3.63) is 40.7 Å². The Morgan fingerprint density at radius 3 is 3.00 bits per heavy atom. The summed E-state index contributed by atoms with van der Waals surface area (Å²) in [5, 5.41) is 0.978. The maximum absolute atomic E-state index is 5.29. The molecule has 0 saturated carbocycles. The summed E-state index contributed by atoms with van der Waals surface area (Å²) in [7, 11) is 0. The second-order valence-electron chi connectivity index (χ2n) is 3.56. The van der Waals surface area contributed by atoms with Crippen molar-refractivity contribution in [1.29, 1.82) is 0 Å². The first-order chi connectivity index (χ1) is 8.28. The number of aromatic nitrogens is 2. The summed E-state index contributed by atoms with van der Waals surface area (Å²) >= 11 is 5.07. The minimum absolute atomic E-state index is 0.794. The topological polar surface area (TPSA) is 38.9 Å². The van der Waals surface area contributed by atoms with Crippen LogP contribution in [0.25, 0.3) is 0 Å². The molecule has 0 atom stereocenters. The molecule has 5 heteroatoms. The standard InChI is InChI=1S/C12H13BrN2OS/c1-2-4-11-14-10(13)7-12(15-11)17-8-9-5-3-6-16-9/h3,5-7H,2,4,8H2,1H3. The smallest absolute Gasteiger partial charge is 0.130 e. The van der Waals surface area contributed by atoms with Gasteiger partial charge >= 0.3 is 0 Å². The molecule has 0 N–H and O–H groups in total. The molecular formula is C12H13BrN2OS. The second kappa shape index (κ2) is 6.21. The van der Waals surface area contributed by atoms with Crippen LogP contribution in [0.5, 0.6) is 0 Å². The van der Waals surface area contributed by atoms with Crippen LogP contribution in [-0.4, -0.2) is 9.97 Å². The Bertz CT molecular complexity index is 473. The van der Waals surface area contributed by atoms with Crippen molar-refractivity contribution in [2.24, 2.45) is 0 Å². The van der Waals surface area contributed by atoms with Gasteiger partial charge in [-0.25, -0.2) is 9.97 Å². The summed E-state index contributed by atoms with van der Waals surface area (Å²) < 4.78 is 6.13. The largest absolute Gasteiger partial charge is 0.468 e. The fraction of sp³-hybridized carbons (Fsp3) is 0.333. The molecule has 0 aliphatic rings. The molecule has 0 saturated heterocycles. The zero-order chi connectivity index (χ0) is 12.1. The predicted molar refractivity (Wildman–Crippen MR) is 72.0 cm³/mol.